The highest BCUT2D eigenvalue weighted by molar-refractivity contribution is 5.95. The second kappa shape index (κ2) is 6.54. The molecule has 1 aliphatic rings. The Morgan fingerprint density at radius 2 is 2.19 bits per heavy atom. The zero-order valence-corrected chi connectivity index (χ0v) is 11.9. The van der Waals surface area contributed by atoms with Crippen molar-refractivity contribution in [2.75, 3.05) is 13.1 Å². The highest BCUT2D eigenvalue weighted by Gasteiger charge is 2.29. The number of likely N-dealkylation sites (tertiary alicyclic amines) is 1. The maximum Gasteiger partial charge on any atom is 0.328 e. The zero-order valence-electron chi connectivity index (χ0n) is 11.9. The topological polar surface area (TPSA) is 77.8 Å². The highest BCUT2D eigenvalue weighted by Crippen LogP contribution is 2.22. The first-order valence-electron chi connectivity index (χ1n) is 6.96. The third-order valence-corrected chi connectivity index (χ3v) is 3.75. The van der Waals surface area contributed by atoms with Gasteiger partial charge in [0.1, 0.15) is 0 Å². The molecule has 2 N–H and O–H groups in total. The van der Waals surface area contributed by atoms with Crippen molar-refractivity contribution in [3.8, 4) is 0 Å². The lowest BCUT2D eigenvalue weighted by Gasteiger charge is -2.18. The maximum absolute atomic E-state index is 12.4. The molecule has 5 nitrogen and oxygen atoms in total. The third-order valence-electron chi connectivity index (χ3n) is 3.75. The van der Waals surface area contributed by atoms with E-state index in [0.717, 1.165) is 12.5 Å². The third kappa shape index (κ3) is 3.92. The number of hydrogen-bond donors (Lipinski definition) is 2. The van der Waals surface area contributed by atoms with Crippen LogP contribution >= 0.6 is 0 Å². The molecule has 0 radical (unpaired) electrons. The van der Waals surface area contributed by atoms with Gasteiger partial charge in [0, 0.05) is 30.6 Å². The summed E-state index contributed by atoms with van der Waals surface area (Å²) < 4.78 is 0. The smallest absolute Gasteiger partial charge is 0.328 e. The number of aliphatic hydroxyl groups is 1. The summed E-state index contributed by atoms with van der Waals surface area (Å²) in [4.78, 5) is 24.7. The Morgan fingerprint density at radius 3 is 2.81 bits per heavy atom. The van der Waals surface area contributed by atoms with Crippen LogP contribution in [0.5, 0.6) is 0 Å². The number of aliphatic hydroxyl groups excluding tert-OH is 1. The second-order valence-electron chi connectivity index (χ2n) is 5.34. The molecule has 1 aromatic carbocycles. The molecule has 0 bridgehead atoms. The average molecular weight is 289 g/mol. The quantitative estimate of drug-likeness (QED) is 0.826. The number of carbonyl (C=O) groups excluding carboxylic acids is 1. The Hall–Kier alpha value is -2.14. The number of rotatable bonds is 4. The Labute approximate surface area is 123 Å². The molecule has 0 aromatic heterocycles. The van der Waals surface area contributed by atoms with Crippen LogP contribution in [-0.4, -0.2) is 46.2 Å². The molecule has 2 unspecified atom stereocenters. The summed E-state index contributed by atoms with van der Waals surface area (Å²) in [6.07, 6.45) is 2.90. The van der Waals surface area contributed by atoms with E-state index in [9.17, 15) is 14.7 Å². The number of nitrogens with zero attached hydrogens (tertiary/aromatic N) is 1. The maximum atomic E-state index is 12.4. The fraction of sp³-hybridized carbons (Fsp3) is 0.375. The minimum absolute atomic E-state index is 0.0799. The first-order valence-corrected chi connectivity index (χ1v) is 6.96. The van der Waals surface area contributed by atoms with E-state index < -0.39 is 12.1 Å². The van der Waals surface area contributed by atoms with Crippen LogP contribution in [0.1, 0.15) is 29.3 Å². The van der Waals surface area contributed by atoms with Crippen molar-refractivity contribution < 1.29 is 19.8 Å². The van der Waals surface area contributed by atoms with E-state index in [2.05, 4.69) is 0 Å². The molecule has 1 amide bonds. The molecule has 1 fully saturated rings. The number of carbonyl (C=O) groups is 2. The van der Waals surface area contributed by atoms with Crippen molar-refractivity contribution in [2.24, 2.45) is 5.92 Å². The predicted octanol–water partition coefficient (Wildman–Crippen LogP) is 1.63. The molecule has 0 saturated carbocycles. The van der Waals surface area contributed by atoms with Gasteiger partial charge in [-0.2, -0.15) is 0 Å². The molecular weight excluding hydrogens is 270 g/mol. The highest BCUT2D eigenvalue weighted by atomic mass is 16.4. The summed E-state index contributed by atoms with van der Waals surface area (Å²) in [5.74, 6) is -0.973. The summed E-state index contributed by atoms with van der Waals surface area (Å²) in [5, 5.41) is 18.2. The summed E-state index contributed by atoms with van der Waals surface area (Å²) >= 11 is 0. The predicted molar refractivity (Wildman–Crippen MR) is 78.8 cm³/mol. The molecule has 112 valence electrons. The summed E-state index contributed by atoms with van der Waals surface area (Å²) in [6.45, 7) is 2.95. The van der Waals surface area contributed by atoms with Crippen molar-refractivity contribution in [3.63, 3.8) is 0 Å². The van der Waals surface area contributed by atoms with Gasteiger partial charge in [0.05, 0.1) is 6.10 Å². The molecule has 0 aliphatic carbocycles. The molecular formula is C16H19NO4. The van der Waals surface area contributed by atoms with E-state index in [-0.39, 0.29) is 11.8 Å². The van der Waals surface area contributed by atoms with Gasteiger partial charge >= 0.3 is 5.97 Å². The number of amides is 1. The molecule has 2 rings (SSSR count). The first-order chi connectivity index (χ1) is 9.97. The first kappa shape index (κ1) is 15.3. The summed E-state index contributed by atoms with van der Waals surface area (Å²) in [7, 11) is 0. The molecule has 1 aromatic rings. The number of carboxylic acid groups (broad SMARTS) is 1. The van der Waals surface area contributed by atoms with Crippen LogP contribution in [0, 0.1) is 5.92 Å². The lowest BCUT2D eigenvalue weighted by molar-refractivity contribution is -0.131. The largest absolute Gasteiger partial charge is 0.478 e. The average Bonchev–Trinajstić information content (AvgIpc) is 2.94. The minimum atomic E-state index is -1.02. The molecule has 0 spiro atoms. The van der Waals surface area contributed by atoms with E-state index in [1.54, 1.807) is 36.1 Å². The lowest BCUT2D eigenvalue weighted by Crippen LogP contribution is -2.30. The van der Waals surface area contributed by atoms with E-state index in [1.165, 1.54) is 6.08 Å². The number of aliphatic carboxylic acids is 1. The van der Waals surface area contributed by atoms with Gasteiger partial charge in [0.25, 0.3) is 5.91 Å². The molecule has 1 heterocycles. The van der Waals surface area contributed by atoms with Crippen molar-refractivity contribution in [3.05, 3.63) is 41.5 Å². The Bertz CT molecular complexity index is 565. The fourth-order valence-electron chi connectivity index (χ4n) is 2.49. The lowest BCUT2D eigenvalue weighted by atomic mass is 10.0. The van der Waals surface area contributed by atoms with Gasteiger partial charge in [-0.15, -0.1) is 0 Å². The van der Waals surface area contributed by atoms with Crippen LogP contribution in [-0.2, 0) is 4.79 Å². The van der Waals surface area contributed by atoms with Crippen LogP contribution in [0.4, 0.5) is 0 Å². The Kier molecular flexibility index (Phi) is 4.75. The van der Waals surface area contributed by atoms with Gasteiger partial charge in [-0.3, -0.25) is 4.79 Å². The van der Waals surface area contributed by atoms with E-state index >= 15 is 0 Å². The van der Waals surface area contributed by atoms with Gasteiger partial charge in [-0.25, -0.2) is 4.79 Å². The number of benzene rings is 1. The van der Waals surface area contributed by atoms with Crippen LogP contribution in [0.25, 0.3) is 6.08 Å². The fourth-order valence-corrected chi connectivity index (χ4v) is 2.49. The zero-order chi connectivity index (χ0) is 15.4. The van der Waals surface area contributed by atoms with Crippen LogP contribution in [0.15, 0.2) is 30.3 Å². The van der Waals surface area contributed by atoms with Gasteiger partial charge < -0.3 is 15.1 Å². The van der Waals surface area contributed by atoms with Gasteiger partial charge in [0.2, 0.25) is 0 Å². The molecule has 5 heteroatoms. The van der Waals surface area contributed by atoms with E-state index in [1.807, 2.05) is 0 Å². The minimum Gasteiger partial charge on any atom is -0.478 e. The summed E-state index contributed by atoms with van der Waals surface area (Å²) in [5.41, 5.74) is 1.21. The standard InChI is InChI=1S/C16H19NO4/c1-11(18)14-7-8-17(10-14)16(21)13-4-2-3-12(9-13)5-6-15(19)20/h2-6,9,11,14,18H,7-8,10H2,1H3,(H,19,20)/b6-5+. The SMILES string of the molecule is CC(O)C1CCN(C(=O)c2cccc(/C=C/C(=O)O)c2)C1. The molecule has 1 saturated heterocycles. The van der Waals surface area contributed by atoms with Crippen LogP contribution in [0.3, 0.4) is 0 Å². The van der Waals surface area contributed by atoms with Crippen molar-refractivity contribution in [1.82, 2.24) is 4.90 Å². The number of carboxylic acids is 1. The molecule has 2 atom stereocenters. The molecule has 1 aliphatic heterocycles. The normalized spacial score (nSPS) is 19.9. The monoisotopic (exact) mass is 289 g/mol. The van der Waals surface area contributed by atoms with Gasteiger partial charge in [0.15, 0.2) is 0 Å². The van der Waals surface area contributed by atoms with E-state index in [0.29, 0.717) is 24.2 Å². The van der Waals surface area contributed by atoms with Crippen molar-refractivity contribution in [1.29, 1.82) is 0 Å². The van der Waals surface area contributed by atoms with E-state index in [4.69, 9.17) is 5.11 Å². The van der Waals surface area contributed by atoms with Crippen molar-refractivity contribution >= 4 is 18.0 Å². The van der Waals surface area contributed by atoms with Crippen molar-refractivity contribution in [2.45, 2.75) is 19.4 Å². The Morgan fingerprint density at radius 1 is 1.43 bits per heavy atom. The number of hydrogen-bond acceptors (Lipinski definition) is 3. The second-order valence-corrected chi connectivity index (χ2v) is 5.34. The van der Waals surface area contributed by atoms with Gasteiger partial charge in [-0.1, -0.05) is 12.1 Å². The van der Waals surface area contributed by atoms with Gasteiger partial charge in [-0.05, 0) is 37.1 Å². The van der Waals surface area contributed by atoms with Crippen LogP contribution < -0.4 is 0 Å². The summed E-state index contributed by atoms with van der Waals surface area (Å²) in [6, 6.07) is 6.88. The molecule has 21 heavy (non-hydrogen) atoms. The van der Waals surface area contributed by atoms with Crippen LogP contribution in [0.2, 0.25) is 0 Å². The Balaban J connectivity index is 2.10.